The lowest BCUT2D eigenvalue weighted by Gasteiger charge is -2.42. The highest BCUT2D eigenvalue weighted by Crippen LogP contribution is 2.36. The van der Waals surface area contributed by atoms with Gasteiger partial charge in [0.25, 0.3) is 0 Å². The van der Waals surface area contributed by atoms with Crippen LogP contribution in [0.2, 0.25) is 0 Å². The number of hydrogen-bond donors (Lipinski definition) is 1. The standard InChI is InChI=1S/C14H18N2O2S/c1-10(11-4-7-19-9-11)16-8-12(17)15-14(13(16)18)5-2-3-6-14/h4,7,9-10H,2-3,5-6,8H2,1H3,(H,15,17). The molecule has 1 aliphatic heterocycles. The van der Waals surface area contributed by atoms with Crippen LogP contribution in [-0.2, 0) is 9.59 Å². The summed E-state index contributed by atoms with van der Waals surface area (Å²) in [5.41, 5.74) is 0.501. The fourth-order valence-corrected chi connectivity index (χ4v) is 3.93. The fourth-order valence-electron chi connectivity index (χ4n) is 3.18. The molecule has 2 heterocycles. The third kappa shape index (κ3) is 2.06. The molecule has 3 rings (SSSR count). The van der Waals surface area contributed by atoms with Gasteiger partial charge >= 0.3 is 0 Å². The Morgan fingerprint density at radius 3 is 2.74 bits per heavy atom. The number of nitrogens with one attached hydrogen (secondary N) is 1. The summed E-state index contributed by atoms with van der Waals surface area (Å²) >= 11 is 1.62. The summed E-state index contributed by atoms with van der Waals surface area (Å²) < 4.78 is 0. The molecule has 1 atom stereocenters. The van der Waals surface area contributed by atoms with Gasteiger partial charge in [0.1, 0.15) is 12.1 Å². The fraction of sp³-hybridized carbons (Fsp3) is 0.571. The number of thiophene rings is 1. The first-order valence-electron chi connectivity index (χ1n) is 6.77. The van der Waals surface area contributed by atoms with Crippen LogP contribution in [0.15, 0.2) is 16.8 Å². The van der Waals surface area contributed by atoms with E-state index in [-0.39, 0.29) is 24.4 Å². The van der Waals surface area contributed by atoms with Crippen LogP contribution < -0.4 is 5.32 Å². The second kappa shape index (κ2) is 4.63. The van der Waals surface area contributed by atoms with Gasteiger partial charge in [-0.3, -0.25) is 9.59 Å². The van der Waals surface area contributed by atoms with Gasteiger partial charge in [0.05, 0.1) is 6.04 Å². The highest BCUT2D eigenvalue weighted by molar-refractivity contribution is 7.07. The van der Waals surface area contributed by atoms with E-state index in [2.05, 4.69) is 5.32 Å². The molecule has 1 saturated heterocycles. The van der Waals surface area contributed by atoms with Gasteiger partial charge < -0.3 is 10.2 Å². The van der Waals surface area contributed by atoms with Crippen LogP contribution in [0.3, 0.4) is 0 Å². The first kappa shape index (κ1) is 12.7. The Labute approximate surface area is 116 Å². The Morgan fingerprint density at radius 2 is 2.11 bits per heavy atom. The van der Waals surface area contributed by atoms with E-state index in [0.29, 0.717) is 0 Å². The van der Waals surface area contributed by atoms with Crippen molar-refractivity contribution in [3.05, 3.63) is 22.4 Å². The van der Waals surface area contributed by atoms with Crippen LogP contribution in [0, 0.1) is 0 Å². The SMILES string of the molecule is CC(c1ccsc1)N1CC(=O)NC2(CCCC2)C1=O. The third-order valence-electron chi connectivity index (χ3n) is 4.31. The average molecular weight is 278 g/mol. The molecule has 1 aromatic rings. The number of amides is 2. The average Bonchev–Trinajstić information content (AvgIpc) is 3.04. The van der Waals surface area contributed by atoms with Crippen molar-refractivity contribution in [3.8, 4) is 0 Å². The van der Waals surface area contributed by atoms with Crippen LogP contribution in [0.4, 0.5) is 0 Å². The van der Waals surface area contributed by atoms with Gasteiger partial charge in [0.15, 0.2) is 0 Å². The number of carbonyl (C=O) groups excluding carboxylic acids is 2. The van der Waals surface area contributed by atoms with Crippen molar-refractivity contribution in [2.24, 2.45) is 0 Å². The maximum absolute atomic E-state index is 12.7. The smallest absolute Gasteiger partial charge is 0.249 e. The van der Waals surface area contributed by atoms with Crippen LogP contribution in [0.5, 0.6) is 0 Å². The molecule has 0 bridgehead atoms. The quantitative estimate of drug-likeness (QED) is 0.900. The van der Waals surface area contributed by atoms with E-state index in [1.165, 1.54) is 0 Å². The summed E-state index contributed by atoms with van der Waals surface area (Å²) in [6, 6.07) is 2.00. The number of piperazine rings is 1. The third-order valence-corrected chi connectivity index (χ3v) is 5.01. The minimum Gasteiger partial charge on any atom is -0.340 e. The Bertz CT molecular complexity index is 492. The minimum atomic E-state index is -0.611. The number of carbonyl (C=O) groups is 2. The number of nitrogens with zero attached hydrogens (tertiary/aromatic N) is 1. The van der Waals surface area contributed by atoms with Crippen molar-refractivity contribution in [1.29, 1.82) is 0 Å². The van der Waals surface area contributed by atoms with Crippen molar-refractivity contribution < 1.29 is 9.59 Å². The number of hydrogen-bond acceptors (Lipinski definition) is 3. The van der Waals surface area contributed by atoms with Crippen LogP contribution in [0.1, 0.15) is 44.2 Å². The molecule has 1 aliphatic carbocycles. The van der Waals surface area contributed by atoms with Gasteiger partial charge in [0.2, 0.25) is 11.8 Å². The number of rotatable bonds is 2. The lowest BCUT2D eigenvalue weighted by Crippen LogP contribution is -2.65. The molecule has 1 N–H and O–H groups in total. The van der Waals surface area contributed by atoms with E-state index in [9.17, 15) is 9.59 Å². The van der Waals surface area contributed by atoms with Crippen molar-refractivity contribution in [3.63, 3.8) is 0 Å². The maximum atomic E-state index is 12.7. The van der Waals surface area contributed by atoms with E-state index >= 15 is 0 Å². The zero-order chi connectivity index (χ0) is 13.5. The first-order chi connectivity index (χ1) is 9.12. The predicted octanol–water partition coefficient (Wildman–Crippen LogP) is 2.08. The molecule has 19 heavy (non-hydrogen) atoms. The van der Waals surface area contributed by atoms with Gasteiger partial charge in [-0.1, -0.05) is 12.8 Å². The molecule has 4 nitrogen and oxygen atoms in total. The summed E-state index contributed by atoms with van der Waals surface area (Å²) in [7, 11) is 0. The predicted molar refractivity (Wildman–Crippen MR) is 73.8 cm³/mol. The van der Waals surface area contributed by atoms with Crippen molar-refractivity contribution >= 4 is 23.2 Å². The van der Waals surface area contributed by atoms with E-state index in [4.69, 9.17) is 0 Å². The van der Waals surface area contributed by atoms with Gasteiger partial charge in [-0.15, -0.1) is 0 Å². The molecule has 2 fully saturated rings. The molecule has 5 heteroatoms. The van der Waals surface area contributed by atoms with Crippen LogP contribution >= 0.6 is 11.3 Å². The van der Waals surface area contributed by atoms with Crippen LogP contribution in [-0.4, -0.2) is 28.8 Å². The van der Waals surface area contributed by atoms with Crippen molar-refractivity contribution in [2.45, 2.75) is 44.2 Å². The summed E-state index contributed by atoms with van der Waals surface area (Å²) in [5.74, 6) is 0.0758. The second-order valence-electron chi connectivity index (χ2n) is 5.50. The maximum Gasteiger partial charge on any atom is 0.249 e. The molecule has 1 saturated carbocycles. The first-order valence-corrected chi connectivity index (χ1v) is 7.71. The largest absolute Gasteiger partial charge is 0.340 e. The normalized spacial score (nSPS) is 23.7. The lowest BCUT2D eigenvalue weighted by molar-refractivity contribution is -0.152. The molecular formula is C14H18N2O2S. The Hall–Kier alpha value is -1.36. The highest BCUT2D eigenvalue weighted by Gasteiger charge is 2.49. The Balaban J connectivity index is 1.88. The van der Waals surface area contributed by atoms with Gasteiger partial charge in [-0.2, -0.15) is 11.3 Å². The zero-order valence-corrected chi connectivity index (χ0v) is 11.8. The summed E-state index contributed by atoms with van der Waals surface area (Å²) in [6.07, 6.45) is 3.61. The molecule has 2 aliphatic rings. The minimum absolute atomic E-state index is 0.0245. The molecule has 0 radical (unpaired) electrons. The highest BCUT2D eigenvalue weighted by atomic mass is 32.1. The van der Waals surface area contributed by atoms with Crippen molar-refractivity contribution in [2.75, 3.05) is 6.54 Å². The summed E-state index contributed by atoms with van der Waals surface area (Å²) in [6.45, 7) is 2.18. The van der Waals surface area contributed by atoms with E-state index < -0.39 is 5.54 Å². The topological polar surface area (TPSA) is 49.4 Å². The molecule has 1 spiro atoms. The monoisotopic (exact) mass is 278 g/mol. The van der Waals surface area contributed by atoms with Gasteiger partial charge in [-0.25, -0.2) is 0 Å². The Morgan fingerprint density at radius 1 is 1.37 bits per heavy atom. The molecular weight excluding hydrogens is 260 g/mol. The molecule has 2 amide bonds. The second-order valence-corrected chi connectivity index (χ2v) is 6.28. The van der Waals surface area contributed by atoms with Crippen molar-refractivity contribution in [1.82, 2.24) is 10.2 Å². The van der Waals surface area contributed by atoms with Crippen LogP contribution in [0.25, 0.3) is 0 Å². The zero-order valence-electron chi connectivity index (χ0n) is 11.0. The Kier molecular flexibility index (Phi) is 3.09. The summed E-state index contributed by atoms with van der Waals surface area (Å²) in [5, 5.41) is 7.00. The van der Waals surface area contributed by atoms with E-state index in [1.807, 2.05) is 23.8 Å². The van der Waals surface area contributed by atoms with Gasteiger partial charge in [-0.05, 0) is 42.2 Å². The van der Waals surface area contributed by atoms with E-state index in [0.717, 1.165) is 31.2 Å². The summed E-state index contributed by atoms with van der Waals surface area (Å²) in [4.78, 5) is 26.4. The molecule has 0 aromatic carbocycles. The molecule has 1 unspecified atom stereocenters. The molecule has 1 aromatic heterocycles. The lowest BCUT2D eigenvalue weighted by atomic mass is 9.91. The van der Waals surface area contributed by atoms with Gasteiger partial charge in [0, 0.05) is 0 Å². The van der Waals surface area contributed by atoms with E-state index in [1.54, 1.807) is 16.2 Å². The molecule has 102 valence electrons.